The SMILES string of the molecule is CSC.Cc1ccc(O)cc1. The first-order valence-electron chi connectivity index (χ1n) is 3.36. The molecule has 0 unspecified atom stereocenters. The summed E-state index contributed by atoms with van der Waals surface area (Å²) in [5, 5.41) is 8.76. The van der Waals surface area contributed by atoms with Crippen molar-refractivity contribution in [1.82, 2.24) is 0 Å². The fourth-order valence-electron chi connectivity index (χ4n) is 0.545. The molecule has 0 aliphatic rings. The zero-order chi connectivity index (χ0) is 8.69. The van der Waals surface area contributed by atoms with Crippen LogP contribution in [0.1, 0.15) is 5.56 Å². The van der Waals surface area contributed by atoms with E-state index in [0.29, 0.717) is 5.75 Å². The van der Waals surface area contributed by atoms with Crippen molar-refractivity contribution in [3.63, 3.8) is 0 Å². The minimum atomic E-state index is 0.329. The second-order valence-corrected chi connectivity index (χ2v) is 3.06. The summed E-state index contributed by atoms with van der Waals surface area (Å²) in [5.74, 6) is 0.329. The zero-order valence-corrected chi connectivity index (χ0v) is 7.98. The molecule has 0 aliphatic heterocycles. The number of phenolic OH excluding ortho intramolecular Hbond substituents is 1. The molecule has 1 N–H and O–H groups in total. The zero-order valence-electron chi connectivity index (χ0n) is 7.16. The van der Waals surface area contributed by atoms with Crippen molar-refractivity contribution in [2.24, 2.45) is 0 Å². The van der Waals surface area contributed by atoms with Crippen molar-refractivity contribution in [3.05, 3.63) is 29.8 Å². The Morgan fingerprint density at radius 1 is 1.09 bits per heavy atom. The largest absolute Gasteiger partial charge is 0.508 e. The number of hydrogen-bond acceptors (Lipinski definition) is 2. The third-order valence-electron chi connectivity index (χ3n) is 1.03. The van der Waals surface area contributed by atoms with Gasteiger partial charge in [-0.05, 0) is 31.6 Å². The van der Waals surface area contributed by atoms with E-state index in [2.05, 4.69) is 0 Å². The lowest BCUT2D eigenvalue weighted by molar-refractivity contribution is 0.475. The maximum Gasteiger partial charge on any atom is 0.115 e. The molecule has 0 amide bonds. The summed E-state index contributed by atoms with van der Waals surface area (Å²) >= 11 is 1.75. The van der Waals surface area contributed by atoms with E-state index in [0.717, 1.165) is 0 Å². The van der Waals surface area contributed by atoms with Crippen LogP contribution in [0.5, 0.6) is 5.75 Å². The second kappa shape index (κ2) is 6.10. The van der Waals surface area contributed by atoms with E-state index in [1.165, 1.54) is 5.56 Å². The highest BCUT2D eigenvalue weighted by atomic mass is 32.2. The summed E-state index contributed by atoms with van der Waals surface area (Å²) in [5.41, 5.74) is 1.17. The van der Waals surface area contributed by atoms with E-state index in [-0.39, 0.29) is 0 Å². The van der Waals surface area contributed by atoms with Gasteiger partial charge in [0.15, 0.2) is 0 Å². The van der Waals surface area contributed by atoms with Crippen molar-refractivity contribution in [1.29, 1.82) is 0 Å². The molecule has 0 radical (unpaired) electrons. The molecule has 2 heteroatoms. The third-order valence-corrected chi connectivity index (χ3v) is 1.03. The van der Waals surface area contributed by atoms with E-state index in [9.17, 15) is 0 Å². The van der Waals surface area contributed by atoms with Gasteiger partial charge >= 0.3 is 0 Å². The predicted octanol–water partition coefficient (Wildman–Crippen LogP) is 2.68. The van der Waals surface area contributed by atoms with Gasteiger partial charge < -0.3 is 5.11 Å². The number of aryl methyl sites for hydroxylation is 1. The van der Waals surface area contributed by atoms with Gasteiger partial charge in [0.1, 0.15) is 5.75 Å². The monoisotopic (exact) mass is 170 g/mol. The van der Waals surface area contributed by atoms with Crippen molar-refractivity contribution in [3.8, 4) is 5.75 Å². The number of hydrogen-bond donors (Lipinski definition) is 1. The van der Waals surface area contributed by atoms with Gasteiger partial charge in [0.2, 0.25) is 0 Å². The highest BCUT2D eigenvalue weighted by molar-refractivity contribution is 7.97. The van der Waals surface area contributed by atoms with Gasteiger partial charge in [0.05, 0.1) is 0 Å². The quantitative estimate of drug-likeness (QED) is 0.646. The Morgan fingerprint density at radius 2 is 1.45 bits per heavy atom. The van der Waals surface area contributed by atoms with Crippen LogP contribution < -0.4 is 0 Å². The normalized spacial score (nSPS) is 8.27. The molecule has 1 nitrogen and oxygen atoms in total. The highest BCUT2D eigenvalue weighted by Gasteiger charge is 1.82. The summed E-state index contributed by atoms with van der Waals surface area (Å²) in [6.07, 6.45) is 4.08. The molecule has 0 aromatic heterocycles. The number of rotatable bonds is 0. The average molecular weight is 170 g/mol. The van der Waals surface area contributed by atoms with Gasteiger partial charge in [0.25, 0.3) is 0 Å². The molecule has 1 aromatic rings. The van der Waals surface area contributed by atoms with Gasteiger partial charge in [-0.15, -0.1) is 0 Å². The minimum Gasteiger partial charge on any atom is -0.508 e. The molecule has 11 heavy (non-hydrogen) atoms. The molecule has 1 aromatic carbocycles. The van der Waals surface area contributed by atoms with Crippen LogP contribution in [0.3, 0.4) is 0 Å². The predicted molar refractivity (Wildman–Crippen MR) is 52.3 cm³/mol. The molecule has 0 spiro atoms. The van der Waals surface area contributed by atoms with E-state index < -0.39 is 0 Å². The Kier molecular flexibility index (Phi) is 5.75. The summed E-state index contributed by atoms with van der Waals surface area (Å²) < 4.78 is 0. The van der Waals surface area contributed by atoms with E-state index in [1.54, 1.807) is 23.9 Å². The smallest absolute Gasteiger partial charge is 0.115 e. The van der Waals surface area contributed by atoms with Crippen LogP contribution in [0.4, 0.5) is 0 Å². The van der Waals surface area contributed by atoms with Gasteiger partial charge in [-0.1, -0.05) is 17.7 Å². The fourth-order valence-corrected chi connectivity index (χ4v) is 0.545. The van der Waals surface area contributed by atoms with E-state index in [1.807, 2.05) is 31.6 Å². The molecule has 62 valence electrons. The molecule has 1 rings (SSSR count). The van der Waals surface area contributed by atoms with Crippen LogP contribution in [0.2, 0.25) is 0 Å². The van der Waals surface area contributed by atoms with Gasteiger partial charge in [-0.2, -0.15) is 11.8 Å². The fraction of sp³-hybridized carbons (Fsp3) is 0.333. The first-order valence-corrected chi connectivity index (χ1v) is 4.99. The molecular weight excluding hydrogens is 156 g/mol. The molecule has 0 heterocycles. The maximum atomic E-state index is 8.76. The van der Waals surface area contributed by atoms with E-state index >= 15 is 0 Å². The molecule has 0 saturated heterocycles. The van der Waals surface area contributed by atoms with Crippen LogP contribution in [0.15, 0.2) is 24.3 Å². The van der Waals surface area contributed by atoms with Gasteiger partial charge in [0, 0.05) is 0 Å². The first kappa shape index (κ1) is 10.4. The standard InChI is InChI=1S/C7H8O.C2H6S/c1-6-2-4-7(8)5-3-6;1-3-2/h2-5,8H,1H3;1-2H3. The molecule has 0 saturated carbocycles. The third kappa shape index (κ3) is 5.80. The number of aromatic hydroxyl groups is 1. The Hall–Kier alpha value is -0.630. The van der Waals surface area contributed by atoms with Crippen LogP contribution in [0.25, 0.3) is 0 Å². The van der Waals surface area contributed by atoms with Crippen molar-refractivity contribution < 1.29 is 5.11 Å². The Labute approximate surface area is 72.4 Å². The minimum absolute atomic E-state index is 0.329. The Balaban J connectivity index is 0.000000292. The average Bonchev–Trinajstić information content (AvgIpc) is 1.97. The van der Waals surface area contributed by atoms with Crippen LogP contribution in [-0.4, -0.2) is 17.6 Å². The first-order chi connectivity index (χ1) is 5.20. The number of phenols is 1. The van der Waals surface area contributed by atoms with Crippen LogP contribution in [-0.2, 0) is 0 Å². The lowest BCUT2D eigenvalue weighted by atomic mass is 10.2. The topological polar surface area (TPSA) is 20.2 Å². The van der Waals surface area contributed by atoms with Crippen LogP contribution >= 0.6 is 11.8 Å². The summed E-state index contributed by atoms with van der Waals surface area (Å²) in [6, 6.07) is 7.09. The second-order valence-electron chi connectivity index (χ2n) is 2.24. The highest BCUT2D eigenvalue weighted by Crippen LogP contribution is 2.07. The molecular formula is C9H14OS. The summed E-state index contributed by atoms with van der Waals surface area (Å²) in [4.78, 5) is 0. The number of benzene rings is 1. The van der Waals surface area contributed by atoms with Crippen molar-refractivity contribution in [2.45, 2.75) is 6.92 Å². The van der Waals surface area contributed by atoms with E-state index in [4.69, 9.17) is 5.11 Å². The van der Waals surface area contributed by atoms with Gasteiger partial charge in [-0.25, -0.2) is 0 Å². The molecule has 0 bridgehead atoms. The Morgan fingerprint density at radius 3 is 1.73 bits per heavy atom. The summed E-state index contributed by atoms with van der Waals surface area (Å²) in [6.45, 7) is 1.99. The van der Waals surface area contributed by atoms with Gasteiger partial charge in [-0.3, -0.25) is 0 Å². The maximum absolute atomic E-state index is 8.76. The molecule has 0 fully saturated rings. The lowest BCUT2D eigenvalue weighted by Gasteiger charge is -1.89. The molecule has 0 atom stereocenters. The number of thioether (sulfide) groups is 1. The molecule has 0 aliphatic carbocycles. The Bertz CT molecular complexity index is 160. The lowest BCUT2D eigenvalue weighted by Crippen LogP contribution is -1.66. The summed E-state index contributed by atoms with van der Waals surface area (Å²) in [7, 11) is 0. The van der Waals surface area contributed by atoms with Crippen molar-refractivity contribution >= 4 is 11.8 Å². The van der Waals surface area contributed by atoms with Crippen molar-refractivity contribution in [2.75, 3.05) is 12.5 Å². The van der Waals surface area contributed by atoms with Crippen LogP contribution in [0, 0.1) is 6.92 Å².